The molecule has 0 radical (unpaired) electrons. The summed E-state index contributed by atoms with van der Waals surface area (Å²) in [6, 6.07) is 7.16. The van der Waals surface area contributed by atoms with Crippen molar-refractivity contribution in [3.05, 3.63) is 40.3 Å². The molecule has 1 fully saturated rings. The van der Waals surface area contributed by atoms with Crippen LogP contribution in [0.4, 0.5) is 5.69 Å². The first-order valence-corrected chi connectivity index (χ1v) is 7.84. The monoisotopic (exact) mass is 290 g/mol. The standard InChI is InChI=1S/C13H14N4O2S/c14-16-15-8-2-1-5-12-6-3-7-13(11-12)17-9-4-10-20(17,18)19/h3,6-7,11H,2,4,8-10H2. The van der Waals surface area contributed by atoms with E-state index in [2.05, 4.69) is 21.9 Å². The fraction of sp³-hybridized carbons (Fsp3) is 0.385. The predicted molar refractivity (Wildman–Crippen MR) is 77.7 cm³/mol. The molecule has 1 aliphatic heterocycles. The van der Waals surface area contributed by atoms with Crippen molar-refractivity contribution in [3.8, 4) is 11.8 Å². The molecule has 0 N–H and O–H groups in total. The average molecular weight is 290 g/mol. The molecular weight excluding hydrogens is 276 g/mol. The smallest absolute Gasteiger partial charge is 0.235 e. The van der Waals surface area contributed by atoms with E-state index >= 15 is 0 Å². The van der Waals surface area contributed by atoms with Crippen molar-refractivity contribution < 1.29 is 8.42 Å². The van der Waals surface area contributed by atoms with Gasteiger partial charge in [-0.1, -0.05) is 23.0 Å². The van der Waals surface area contributed by atoms with Crippen LogP contribution in [-0.2, 0) is 10.0 Å². The minimum Gasteiger partial charge on any atom is -0.270 e. The van der Waals surface area contributed by atoms with Gasteiger partial charge in [0.25, 0.3) is 0 Å². The summed E-state index contributed by atoms with van der Waals surface area (Å²) in [6.07, 6.45) is 1.14. The van der Waals surface area contributed by atoms with Gasteiger partial charge in [0, 0.05) is 30.0 Å². The van der Waals surface area contributed by atoms with Crippen LogP contribution < -0.4 is 4.31 Å². The summed E-state index contributed by atoms with van der Waals surface area (Å²) in [6.45, 7) is 0.861. The van der Waals surface area contributed by atoms with Gasteiger partial charge in [0.15, 0.2) is 0 Å². The van der Waals surface area contributed by atoms with Gasteiger partial charge in [-0.15, -0.1) is 0 Å². The van der Waals surface area contributed by atoms with E-state index in [-0.39, 0.29) is 5.75 Å². The fourth-order valence-corrected chi connectivity index (χ4v) is 3.54. The van der Waals surface area contributed by atoms with Gasteiger partial charge >= 0.3 is 0 Å². The number of nitrogens with zero attached hydrogens (tertiary/aromatic N) is 4. The second kappa shape index (κ2) is 6.33. The van der Waals surface area contributed by atoms with Crippen LogP contribution in [0.25, 0.3) is 10.4 Å². The highest BCUT2D eigenvalue weighted by atomic mass is 32.2. The molecule has 0 amide bonds. The lowest BCUT2D eigenvalue weighted by Gasteiger charge is -2.16. The molecule has 1 aliphatic rings. The summed E-state index contributed by atoms with van der Waals surface area (Å²) in [4.78, 5) is 2.65. The van der Waals surface area contributed by atoms with Crippen molar-refractivity contribution in [2.75, 3.05) is 23.1 Å². The Kier molecular flexibility index (Phi) is 4.51. The third-order valence-corrected chi connectivity index (χ3v) is 4.74. The van der Waals surface area contributed by atoms with Crippen molar-refractivity contribution >= 4 is 15.7 Å². The number of benzene rings is 1. The first-order chi connectivity index (χ1) is 9.63. The maximum Gasteiger partial charge on any atom is 0.235 e. The zero-order valence-electron chi connectivity index (χ0n) is 10.9. The van der Waals surface area contributed by atoms with Gasteiger partial charge in [-0.25, -0.2) is 8.42 Å². The lowest BCUT2D eigenvalue weighted by Crippen LogP contribution is -2.24. The van der Waals surface area contributed by atoms with E-state index in [0.29, 0.717) is 31.6 Å². The van der Waals surface area contributed by atoms with E-state index in [1.54, 1.807) is 18.2 Å². The van der Waals surface area contributed by atoms with Gasteiger partial charge in [0.1, 0.15) is 0 Å². The van der Waals surface area contributed by atoms with E-state index in [1.807, 2.05) is 6.07 Å². The normalized spacial score (nSPS) is 16.1. The molecule has 0 spiro atoms. The summed E-state index contributed by atoms with van der Waals surface area (Å²) in [5, 5.41) is 3.39. The largest absolute Gasteiger partial charge is 0.270 e. The number of hydrogen-bond donors (Lipinski definition) is 0. The van der Waals surface area contributed by atoms with Crippen LogP contribution in [0.2, 0.25) is 0 Å². The van der Waals surface area contributed by atoms with Gasteiger partial charge in [0.05, 0.1) is 11.4 Å². The van der Waals surface area contributed by atoms with Crippen molar-refractivity contribution in [2.24, 2.45) is 5.11 Å². The molecule has 2 rings (SSSR count). The maximum atomic E-state index is 11.8. The molecule has 7 heteroatoms. The van der Waals surface area contributed by atoms with Crippen LogP contribution in [0.5, 0.6) is 0 Å². The second-order valence-corrected chi connectivity index (χ2v) is 6.31. The van der Waals surface area contributed by atoms with Crippen LogP contribution in [-0.4, -0.2) is 27.3 Å². The van der Waals surface area contributed by atoms with Crippen molar-refractivity contribution in [1.82, 2.24) is 0 Å². The maximum absolute atomic E-state index is 11.8. The van der Waals surface area contributed by atoms with E-state index < -0.39 is 10.0 Å². The molecule has 0 atom stereocenters. The van der Waals surface area contributed by atoms with Gasteiger partial charge < -0.3 is 0 Å². The van der Waals surface area contributed by atoms with Crippen LogP contribution in [0, 0.1) is 11.8 Å². The Bertz CT molecular complexity index is 697. The minimum atomic E-state index is -3.16. The highest BCUT2D eigenvalue weighted by Crippen LogP contribution is 2.24. The molecule has 0 aliphatic carbocycles. The summed E-state index contributed by atoms with van der Waals surface area (Å²) in [5.41, 5.74) is 9.55. The Balaban J connectivity index is 2.14. The Morgan fingerprint density at radius 1 is 1.45 bits per heavy atom. The van der Waals surface area contributed by atoms with Crippen molar-refractivity contribution in [1.29, 1.82) is 0 Å². The minimum absolute atomic E-state index is 0.203. The summed E-state index contributed by atoms with van der Waals surface area (Å²) in [7, 11) is -3.16. The first kappa shape index (κ1) is 14.3. The third kappa shape index (κ3) is 3.44. The first-order valence-electron chi connectivity index (χ1n) is 6.24. The molecule has 0 aromatic heterocycles. The molecule has 0 saturated carbocycles. The van der Waals surface area contributed by atoms with Crippen LogP contribution in [0.15, 0.2) is 29.4 Å². The molecule has 1 aromatic rings. The molecule has 104 valence electrons. The number of rotatable bonds is 3. The third-order valence-electron chi connectivity index (χ3n) is 2.87. The van der Waals surface area contributed by atoms with Crippen LogP contribution in [0.3, 0.4) is 0 Å². The van der Waals surface area contributed by atoms with Gasteiger partial charge in [0.2, 0.25) is 10.0 Å². The predicted octanol–water partition coefficient (Wildman–Crippen LogP) is 2.28. The Morgan fingerprint density at radius 2 is 2.30 bits per heavy atom. The van der Waals surface area contributed by atoms with E-state index in [9.17, 15) is 8.42 Å². The van der Waals surface area contributed by atoms with Gasteiger partial charge in [-0.2, -0.15) is 0 Å². The lowest BCUT2D eigenvalue weighted by molar-refractivity contribution is 0.599. The Labute approximate surface area is 118 Å². The Hall–Kier alpha value is -2.16. The van der Waals surface area contributed by atoms with Crippen LogP contribution in [0.1, 0.15) is 18.4 Å². The molecule has 1 aromatic carbocycles. The number of sulfonamides is 1. The topological polar surface area (TPSA) is 86.1 Å². The second-order valence-electron chi connectivity index (χ2n) is 4.30. The van der Waals surface area contributed by atoms with E-state index in [0.717, 1.165) is 5.56 Å². The van der Waals surface area contributed by atoms with Crippen molar-refractivity contribution in [3.63, 3.8) is 0 Å². The molecular formula is C13H14N4O2S. The molecule has 6 nitrogen and oxygen atoms in total. The quantitative estimate of drug-likeness (QED) is 0.281. The van der Waals surface area contributed by atoms with Crippen LogP contribution >= 0.6 is 0 Å². The molecule has 20 heavy (non-hydrogen) atoms. The average Bonchev–Trinajstić information content (AvgIpc) is 2.78. The Morgan fingerprint density at radius 3 is 3.00 bits per heavy atom. The summed E-state index contributed by atoms with van der Waals surface area (Å²) in [5.74, 6) is 6.04. The summed E-state index contributed by atoms with van der Waals surface area (Å²) < 4.78 is 25.1. The van der Waals surface area contributed by atoms with Gasteiger partial charge in [-0.05, 0) is 30.2 Å². The summed E-state index contributed by atoms with van der Waals surface area (Å²) >= 11 is 0. The van der Waals surface area contributed by atoms with E-state index in [1.165, 1.54) is 4.31 Å². The van der Waals surface area contributed by atoms with Crippen molar-refractivity contribution in [2.45, 2.75) is 12.8 Å². The van der Waals surface area contributed by atoms with E-state index in [4.69, 9.17) is 5.53 Å². The molecule has 0 bridgehead atoms. The number of hydrogen-bond acceptors (Lipinski definition) is 3. The molecule has 1 heterocycles. The lowest BCUT2D eigenvalue weighted by atomic mass is 10.2. The molecule has 1 saturated heterocycles. The highest BCUT2D eigenvalue weighted by Gasteiger charge is 2.28. The molecule has 0 unspecified atom stereocenters. The zero-order chi connectivity index (χ0) is 14.4. The zero-order valence-corrected chi connectivity index (χ0v) is 11.7. The number of anilines is 1. The number of azide groups is 1. The van der Waals surface area contributed by atoms with Gasteiger partial charge in [-0.3, -0.25) is 4.31 Å². The highest BCUT2D eigenvalue weighted by molar-refractivity contribution is 7.93. The SMILES string of the molecule is [N-]=[N+]=NCCC#Cc1cccc(N2CCCS2(=O)=O)c1. The fourth-order valence-electron chi connectivity index (χ4n) is 1.98.